The molecule has 0 unspecified atom stereocenters. The molecule has 4 aliphatic carbocycles. The normalized spacial score (nSPS) is 41.7. The fraction of sp³-hybridized carbons (Fsp3) is 0.706. The number of hydrogen-bond acceptors (Lipinski definition) is 4. The van der Waals surface area contributed by atoms with Gasteiger partial charge >= 0.3 is 11.9 Å². The predicted octanol–water partition coefficient (Wildman–Crippen LogP) is 6.47. The first kappa shape index (κ1) is 28.2. The van der Waals surface area contributed by atoms with Crippen molar-refractivity contribution in [2.24, 2.45) is 46.3 Å². The molecule has 10 atom stereocenters. The number of carboxylic acids is 1. The Bertz CT molecular complexity index is 1140. The number of ether oxygens (including phenoxy) is 1. The molecule has 5 rings (SSSR count). The number of esters is 1. The van der Waals surface area contributed by atoms with Crippen LogP contribution in [0.3, 0.4) is 0 Å². The highest BCUT2D eigenvalue weighted by atomic mass is 16.5. The lowest BCUT2D eigenvalue weighted by molar-refractivity contribution is -0.198. The zero-order valence-corrected chi connectivity index (χ0v) is 24.1. The summed E-state index contributed by atoms with van der Waals surface area (Å²) in [5.41, 5.74) is 0.142. The predicted molar refractivity (Wildman–Crippen MR) is 150 cm³/mol. The molecule has 212 valence electrons. The summed E-state index contributed by atoms with van der Waals surface area (Å²) in [4.78, 5) is 23.6. The van der Waals surface area contributed by atoms with Gasteiger partial charge in [0.25, 0.3) is 0 Å². The van der Waals surface area contributed by atoms with Gasteiger partial charge in [-0.2, -0.15) is 0 Å². The summed E-state index contributed by atoms with van der Waals surface area (Å²) < 4.78 is 6.15. The van der Waals surface area contributed by atoms with Gasteiger partial charge in [-0.25, -0.2) is 0 Å². The summed E-state index contributed by atoms with van der Waals surface area (Å²) in [5, 5.41) is 20.9. The molecule has 4 fully saturated rings. The van der Waals surface area contributed by atoms with E-state index in [0.29, 0.717) is 42.4 Å². The zero-order valence-electron chi connectivity index (χ0n) is 24.1. The number of rotatable bonds is 5. The van der Waals surface area contributed by atoms with E-state index in [4.69, 9.17) is 4.74 Å². The summed E-state index contributed by atoms with van der Waals surface area (Å²) in [7, 11) is 0. The summed E-state index contributed by atoms with van der Waals surface area (Å²) >= 11 is 0. The lowest BCUT2D eigenvalue weighted by Crippen LogP contribution is -2.60. The van der Waals surface area contributed by atoms with Gasteiger partial charge in [-0.3, -0.25) is 9.59 Å². The lowest BCUT2D eigenvalue weighted by Gasteiger charge is -2.63. The van der Waals surface area contributed by atoms with Crippen LogP contribution in [0.1, 0.15) is 97.5 Å². The number of carbonyl (C=O) groups excluding carboxylic acids is 1. The fourth-order valence-corrected chi connectivity index (χ4v) is 9.87. The highest BCUT2D eigenvalue weighted by Gasteiger charge is 2.64. The summed E-state index contributed by atoms with van der Waals surface area (Å²) in [6.07, 6.45) is 8.38. The third kappa shape index (κ3) is 5.26. The maximum atomic E-state index is 12.4. The van der Waals surface area contributed by atoms with Crippen LogP contribution in [0.15, 0.2) is 30.3 Å². The van der Waals surface area contributed by atoms with Crippen LogP contribution < -0.4 is 0 Å². The minimum Gasteiger partial charge on any atom is -0.481 e. The Morgan fingerprint density at radius 1 is 1.05 bits per heavy atom. The molecule has 0 amide bonds. The number of carbonyl (C=O) groups is 2. The van der Waals surface area contributed by atoms with Gasteiger partial charge in [0.05, 0.1) is 0 Å². The van der Waals surface area contributed by atoms with Crippen molar-refractivity contribution in [3.63, 3.8) is 0 Å². The van der Waals surface area contributed by atoms with E-state index in [1.807, 2.05) is 30.3 Å². The van der Waals surface area contributed by atoms with Crippen molar-refractivity contribution in [1.29, 1.82) is 0 Å². The van der Waals surface area contributed by atoms with E-state index in [-0.39, 0.29) is 35.2 Å². The van der Waals surface area contributed by atoms with Gasteiger partial charge in [-0.05, 0) is 110 Å². The molecule has 0 aromatic heterocycles. The molecule has 4 saturated carbocycles. The van der Waals surface area contributed by atoms with E-state index >= 15 is 0 Å². The number of aliphatic hydroxyl groups is 1. The standard InChI is InChI=1S/C34H46O5/c1-22(10-13-30(36)37)26-11-12-27-31-28(15-16-33(26,27)4)32(3)18-19-34(38,17-14-24-8-6-5-7-9-24)21-25(32)20-29(31)39-23(2)35/h5-9,22,25-29,31,38H,10-13,15-16,18-21H2,1-4H3,(H,36,37)/t22-,25-,26-,27+,28+,29-,31+,32+,33-,34-/m1/s1. The highest BCUT2D eigenvalue weighted by Crippen LogP contribution is 2.69. The molecular formula is C34H46O5. The van der Waals surface area contributed by atoms with Gasteiger partial charge in [-0.1, -0.05) is 50.8 Å². The van der Waals surface area contributed by atoms with Gasteiger partial charge in [0.15, 0.2) is 0 Å². The third-order valence-corrected chi connectivity index (χ3v) is 11.8. The van der Waals surface area contributed by atoms with Crippen molar-refractivity contribution >= 4 is 11.9 Å². The number of hydrogen-bond donors (Lipinski definition) is 2. The van der Waals surface area contributed by atoms with Crippen LogP contribution in [0.4, 0.5) is 0 Å². The summed E-state index contributed by atoms with van der Waals surface area (Å²) in [5.74, 6) is 7.91. The average Bonchev–Trinajstić information content (AvgIpc) is 3.25. The van der Waals surface area contributed by atoms with E-state index in [9.17, 15) is 19.8 Å². The molecule has 5 heteroatoms. The SMILES string of the molecule is CC(=O)O[C@@H]1C[C@@H]2C[C@@](O)(C#Cc3ccccc3)CC[C@]2(C)[C@H]2CC[C@]3(C)[C@@H]([C@H](C)CCC(=O)O)CC[C@H]3[C@H]12. The first-order valence-electron chi connectivity index (χ1n) is 15.1. The Balaban J connectivity index is 1.40. The van der Waals surface area contributed by atoms with Crippen LogP contribution in [-0.4, -0.2) is 33.9 Å². The Morgan fingerprint density at radius 3 is 2.46 bits per heavy atom. The van der Waals surface area contributed by atoms with E-state index in [1.165, 1.54) is 6.92 Å². The lowest BCUT2D eigenvalue weighted by atomic mass is 9.43. The van der Waals surface area contributed by atoms with Gasteiger partial charge in [0.2, 0.25) is 0 Å². The molecule has 4 aliphatic rings. The second-order valence-corrected chi connectivity index (χ2v) is 13.9. The first-order valence-corrected chi connectivity index (χ1v) is 15.1. The van der Waals surface area contributed by atoms with Crippen LogP contribution >= 0.6 is 0 Å². The smallest absolute Gasteiger partial charge is 0.303 e. The Labute approximate surface area is 234 Å². The van der Waals surface area contributed by atoms with Gasteiger partial charge in [0.1, 0.15) is 11.7 Å². The molecular weight excluding hydrogens is 488 g/mol. The Morgan fingerprint density at radius 2 is 1.77 bits per heavy atom. The minimum atomic E-state index is -1.02. The van der Waals surface area contributed by atoms with Gasteiger partial charge in [0, 0.05) is 24.8 Å². The zero-order chi connectivity index (χ0) is 28.0. The highest BCUT2D eigenvalue weighted by molar-refractivity contribution is 5.66. The largest absolute Gasteiger partial charge is 0.481 e. The van der Waals surface area contributed by atoms with E-state index in [0.717, 1.165) is 50.5 Å². The van der Waals surface area contributed by atoms with Crippen molar-refractivity contribution in [3.8, 4) is 11.8 Å². The maximum Gasteiger partial charge on any atom is 0.303 e. The summed E-state index contributed by atoms with van der Waals surface area (Å²) in [6.45, 7) is 8.65. The molecule has 0 radical (unpaired) electrons. The second kappa shape index (κ2) is 10.6. The van der Waals surface area contributed by atoms with Gasteiger partial charge in [-0.15, -0.1) is 0 Å². The second-order valence-electron chi connectivity index (χ2n) is 13.9. The van der Waals surface area contributed by atoms with Crippen molar-refractivity contribution in [2.75, 3.05) is 0 Å². The molecule has 0 bridgehead atoms. The van der Waals surface area contributed by atoms with Crippen LogP contribution in [0.25, 0.3) is 0 Å². The topological polar surface area (TPSA) is 83.8 Å². The molecule has 1 aromatic rings. The van der Waals surface area contributed by atoms with Crippen molar-refractivity contribution < 1.29 is 24.5 Å². The third-order valence-electron chi connectivity index (χ3n) is 11.8. The van der Waals surface area contributed by atoms with Crippen molar-refractivity contribution in [2.45, 2.75) is 104 Å². The quantitative estimate of drug-likeness (QED) is 0.334. The molecule has 0 heterocycles. The number of fused-ring (bicyclic) bond motifs is 5. The number of aliphatic carboxylic acids is 1. The molecule has 0 saturated heterocycles. The van der Waals surface area contributed by atoms with Crippen molar-refractivity contribution in [1.82, 2.24) is 0 Å². The molecule has 1 aromatic carbocycles. The van der Waals surface area contributed by atoms with Crippen LogP contribution in [0.5, 0.6) is 0 Å². The van der Waals surface area contributed by atoms with Gasteiger partial charge < -0.3 is 14.9 Å². The van der Waals surface area contributed by atoms with E-state index < -0.39 is 11.6 Å². The minimum absolute atomic E-state index is 0.0936. The first-order chi connectivity index (χ1) is 18.4. The fourth-order valence-electron chi connectivity index (χ4n) is 9.87. The Kier molecular flexibility index (Phi) is 7.66. The van der Waals surface area contributed by atoms with E-state index in [1.54, 1.807) is 0 Å². The molecule has 5 nitrogen and oxygen atoms in total. The van der Waals surface area contributed by atoms with Crippen molar-refractivity contribution in [3.05, 3.63) is 35.9 Å². The maximum absolute atomic E-state index is 12.4. The van der Waals surface area contributed by atoms with Crippen LogP contribution in [-0.2, 0) is 14.3 Å². The molecule has 2 N–H and O–H groups in total. The number of benzene rings is 1. The van der Waals surface area contributed by atoms with Crippen LogP contribution in [0.2, 0.25) is 0 Å². The number of carboxylic acid groups (broad SMARTS) is 1. The average molecular weight is 535 g/mol. The molecule has 0 spiro atoms. The molecule has 0 aliphatic heterocycles. The Hall–Kier alpha value is -2.32. The summed E-state index contributed by atoms with van der Waals surface area (Å²) in [6, 6.07) is 9.85. The molecule has 39 heavy (non-hydrogen) atoms. The monoisotopic (exact) mass is 534 g/mol. The van der Waals surface area contributed by atoms with E-state index in [2.05, 4.69) is 32.6 Å². The van der Waals surface area contributed by atoms with Crippen LogP contribution in [0, 0.1) is 58.2 Å².